The molecular weight excluding hydrogens is 328 g/mol. The SMILES string of the molecule is CN1CCC(Oc2ccc3c(c2)CCN(C(=O)OC(C)(C)C)CC3)CC1. The zero-order valence-electron chi connectivity index (χ0n) is 16.6. The van der Waals surface area contributed by atoms with Crippen LogP contribution in [0.5, 0.6) is 5.75 Å². The first-order chi connectivity index (χ1) is 12.3. The summed E-state index contributed by atoms with van der Waals surface area (Å²) in [7, 11) is 2.16. The molecule has 0 N–H and O–H groups in total. The lowest BCUT2D eigenvalue weighted by Gasteiger charge is -2.29. The van der Waals surface area contributed by atoms with E-state index in [1.54, 1.807) is 0 Å². The number of carbonyl (C=O) groups excluding carboxylic acids is 1. The highest BCUT2D eigenvalue weighted by atomic mass is 16.6. The zero-order valence-corrected chi connectivity index (χ0v) is 16.6. The van der Waals surface area contributed by atoms with E-state index in [1.807, 2.05) is 25.7 Å². The second-order valence-electron chi connectivity index (χ2n) is 8.52. The van der Waals surface area contributed by atoms with E-state index < -0.39 is 5.60 Å². The molecule has 0 unspecified atom stereocenters. The summed E-state index contributed by atoms with van der Waals surface area (Å²) < 4.78 is 11.7. The molecule has 1 fully saturated rings. The molecule has 1 saturated heterocycles. The van der Waals surface area contributed by atoms with E-state index in [0.29, 0.717) is 19.2 Å². The number of benzene rings is 1. The molecule has 0 spiro atoms. The summed E-state index contributed by atoms with van der Waals surface area (Å²) in [5.74, 6) is 0.962. The maximum atomic E-state index is 12.3. The maximum Gasteiger partial charge on any atom is 0.410 e. The van der Waals surface area contributed by atoms with Crippen LogP contribution in [0.1, 0.15) is 44.7 Å². The summed E-state index contributed by atoms with van der Waals surface area (Å²) in [6.45, 7) is 9.32. The molecule has 5 nitrogen and oxygen atoms in total. The number of amides is 1. The van der Waals surface area contributed by atoms with Crippen LogP contribution in [-0.4, -0.2) is 60.8 Å². The van der Waals surface area contributed by atoms with Gasteiger partial charge in [0, 0.05) is 26.2 Å². The molecule has 0 aliphatic carbocycles. The maximum absolute atomic E-state index is 12.3. The Morgan fingerprint density at radius 1 is 1.04 bits per heavy atom. The Kier molecular flexibility index (Phi) is 5.76. The van der Waals surface area contributed by atoms with Gasteiger partial charge in [-0.2, -0.15) is 0 Å². The molecule has 1 aromatic carbocycles. The van der Waals surface area contributed by atoms with E-state index in [0.717, 1.165) is 44.5 Å². The Morgan fingerprint density at radius 3 is 2.35 bits per heavy atom. The Balaban J connectivity index is 1.60. The van der Waals surface area contributed by atoms with Gasteiger partial charge >= 0.3 is 6.09 Å². The average Bonchev–Trinajstić information content (AvgIpc) is 2.78. The molecule has 144 valence electrons. The molecule has 1 aromatic rings. The van der Waals surface area contributed by atoms with Crippen molar-refractivity contribution >= 4 is 6.09 Å². The van der Waals surface area contributed by atoms with Crippen LogP contribution < -0.4 is 4.74 Å². The Hall–Kier alpha value is -1.75. The first-order valence-corrected chi connectivity index (χ1v) is 9.75. The van der Waals surface area contributed by atoms with Gasteiger partial charge in [0.1, 0.15) is 17.5 Å². The van der Waals surface area contributed by atoms with Crippen LogP contribution in [-0.2, 0) is 17.6 Å². The van der Waals surface area contributed by atoms with E-state index >= 15 is 0 Å². The third-order valence-electron chi connectivity index (χ3n) is 5.10. The van der Waals surface area contributed by atoms with Crippen molar-refractivity contribution in [3.63, 3.8) is 0 Å². The number of carbonyl (C=O) groups is 1. The Labute approximate surface area is 157 Å². The molecule has 0 saturated carbocycles. The highest BCUT2D eigenvalue weighted by Crippen LogP contribution is 2.25. The minimum absolute atomic E-state index is 0.215. The largest absolute Gasteiger partial charge is 0.490 e. The Bertz CT molecular complexity index is 631. The van der Waals surface area contributed by atoms with Crippen LogP contribution >= 0.6 is 0 Å². The van der Waals surface area contributed by atoms with Crippen LogP contribution in [0.15, 0.2) is 18.2 Å². The van der Waals surface area contributed by atoms with Gasteiger partial charge < -0.3 is 19.3 Å². The van der Waals surface area contributed by atoms with E-state index in [1.165, 1.54) is 11.1 Å². The number of hydrogen-bond acceptors (Lipinski definition) is 4. The quantitative estimate of drug-likeness (QED) is 0.810. The van der Waals surface area contributed by atoms with Crippen molar-refractivity contribution in [2.45, 2.75) is 58.2 Å². The van der Waals surface area contributed by atoms with Crippen LogP contribution in [0.25, 0.3) is 0 Å². The fourth-order valence-electron chi connectivity index (χ4n) is 3.58. The van der Waals surface area contributed by atoms with Gasteiger partial charge in [-0.25, -0.2) is 4.79 Å². The molecule has 2 heterocycles. The van der Waals surface area contributed by atoms with Crippen molar-refractivity contribution in [1.82, 2.24) is 9.80 Å². The number of likely N-dealkylation sites (tertiary alicyclic amines) is 1. The predicted molar refractivity (Wildman–Crippen MR) is 103 cm³/mol. The van der Waals surface area contributed by atoms with Gasteiger partial charge in [0.15, 0.2) is 0 Å². The first kappa shape index (κ1) is 19.0. The van der Waals surface area contributed by atoms with Crippen molar-refractivity contribution in [2.24, 2.45) is 0 Å². The van der Waals surface area contributed by atoms with E-state index in [-0.39, 0.29) is 6.09 Å². The van der Waals surface area contributed by atoms with Gasteiger partial charge in [-0.3, -0.25) is 0 Å². The third kappa shape index (κ3) is 5.13. The van der Waals surface area contributed by atoms with Crippen molar-refractivity contribution in [3.05, 3.63) is 29.3 Å². The number of rotatable bonds is 2. The number of ether oxygens (including phenoxy) is 2. The average molecular weight is 360 g/mol. The zero-order chi connectivity index (χ0) is 18.7. The van der Waals surface area contributed by atoms with E-state index in [9.17, 15) is 4.79 Å². The first-order valence-electron chi connectivity index (χ1n) is 9.75. The van der Waals surface area contributed by atoms with Gasteiger partial charge in [-0.15, -0.1) is 0 Å². The summed E-state index contributed by atoms with van der Waals surface area (Å²) in [5, 5.41) is 0. The monoisotopic (exact) mass is 360 g/mol. The Morgan fingerprint density at radius 2 is 1.69 bits per heavy atom. The predicted octanol–water partition coefficient (Wildman–Crippen LogP) is 3.50. The van der Waals surface area contributed by atoms with E-state index in [2.05, 4.69) is 30.1 Å². The summed E-state index contributed by atoms with van der Waals surface area (Å²) in [6, 6.07) is 6.42. The van der Waals surface area contributed by atoms with Crippen molar-refractivity contribution < 1.29 is 14.3 Å². The van der Waals surface area contributed by atoms with E-state index in [4.69, 9.17) is 9.47 Å². The van der Waals surface area contributed by atoms with Crippen molar-refractivity contribution in [3.8, 4) is 5.75 Å². The lowest BCUT2D eigenvalue weighted by atomic mass is 10.0. The topological polar surface area (TPSA) is 42.0 Å². The number of fused-ring (bicyclic) bond motifs is 1. The smallest absolute Gasteiger partial charge is 0.410 e. The number of nitrogens with zero attached hydrogens (tertiary/aromatic N) is 2. The molecule has 0 aromatic heterocycles. The summed E-state index contributed by atoms with van der Waals surface area (Å²) in [4.78, 5) is 16.5. The molecule has 0 radical (unpaired) electrons. The molecule has 0 atom stereocenters. The summed E-state index contributed by atoms with van der Waals surface area (Å²) in [5.41, 5.74) is 2.15. The van der Waals surface area contributed by atoms with Crippen molar-refractivity contribution in [2.75, 3.05) is 33.2 Å². The van der Waals surface area contributed by atoms with Gasteiger partial charge in [-0.1, -0.05) is 6.07 Å². The molecule has 26 heavy (non-hydrogen) atoms. The summed E-state index contributed by atoms with van der Waals surface area (Å²) in [6.07, 6.45) is 3.98. The minimum Gasteiger partial charge on any atom is -0.490 e. The number of hydrogen-bond donors (Lipinski definition) is 0. The van der Waals surface area contributed by atoms with Crippen LogP contribution in [0.3, 0.4) is 0 Å². The highest BCUT2D eigenvalue weighted by molar-refractivity contribution is 5.68. The van der Waals surface area contributed by atoms with Gasteiger partial charge in [0.25, 0.3) is 0 Å². The van der Waals surface area contributed by atoms with Gasteiger partial charge in [-0.05, 0) is 76.8 Å². The standard InChI is InChI=1S/C21H32N2O3/c1-21(2,3)26-20(24)23-13-7-16-5-6-19(15-17(16)8-14-23)25-18-9-11-22(4)12-10-18/h5-6,15,18H,7-14H2,1-4H3. The lowest BCUT2D eigenvalue weighted by molar-refractivity contribution is 0.0258. The van der Waals surface area contributed by atoms with Crippen LogP contribution in [0, 0.1) is 0 Å². The molecule has 2 aliphatic heterocycles. The normalized spacial score (nSPS) is 19.6. The number of piperidine rings is 1. The van der Waals surface area contributed by atoms with Crippen LogP contribution in [0.4, 0.5) is 4.79 Å². The lowest BCUT2D eigenvalue weighted by Crippen LogP contribution is -2.38. The van der Waals surface area contributed by atoms with Gasteiger partial charge in [0.05, 0.1) is 0 Å². The molecular formula is C21H32N2O3. The van der Waals surface area contributed by atoms with Gasteiger partial charge in [0.2, 0.25) is 0 Å². The van der Waals surface area contributed by atoms with Crippen LogP contribution in [0.2, 0.25) is 0 Å². The fourth-order valence-corrected chi connectivity index (χ4v) is 3.58. The molecule has 1 amide bonds. The molecule has 0 bridgehead atoms. The second-order valence-corrected chi connectivity index (χ2v) is 8.52. The molecule has 5 heteroatoms. The highest BCUT2D eigenvalue weighted by Gasteiger charge is 2.24. The molecule has 2 aliphatic rings. The third-order valence-corrected chi connectivity index (χ3v) is 5.10. The molecule has 3 rings (SSSR count). The van der Waals surface area contributed by atoms with Crippen molar-refractivity contribution in [1.29, 1.82) is 0 Å². The summed E-state index contributed by atoms with van der Waals surface area (Å²) >= 11 is 0. The fraction of sp³-hybridized carbons (Fsp3) is 0.667. The second kappa shape index (κ2) is 7.87. The minimum atomic E-state index is -0.453.